The van der Waals surface area contributed by atoms with E-state index in [-0.39, 0.29) is 11.9 Å². The summed E-state index contributed by atoms with van der Waals surface area (Å²) in [6.45, 7) is 3.88. The van der Waals surface area contributed by atoms with Crippen molar-refractivity contribution in [1.29, 1.82) is 0 Å². The van der Waals surface area contributed by atoms with Crippen LogP contribution in [0.3, 0.4) is 0 Å². The Bertz CT molecular complexity index is 526. The number of methoxy groups -OCH3 is 2. The van der Waals surface area contributed by atoms with Crippen molar-refractivity contribution >= 4 is 0 Å². The molecule has 1 heterocycles. The fraction of sp³-hybridized carbons (Fsp3) is 0.667. The molecule has 1 aromatic carbocycles. The lowest BCUT2D eigenvalue weighted by Gasteiger charge is -2.39. The zero-order valence-electron chi connectivity index (χ0n) is 14.1. The van der Waals surface area contributed by atoms with Gasteiger partial charge in [-0.05, 0) is 24.8 Å². The Morgan fingerprint density at radius 2 is 1.70 bits per heavy atom. The maximum absolute atomic E-state index is 14.8. The SMILES string of the molecule is COc1cc(F)c([C@H](C2CCCC2)N2CCNCC2)cc1OC. The highest BCUT2D eigenvalue weighted by atomic mass is 19.1. The predicted molar refractivity (Wildman–Crippen MR) is 88.6 cm³/mol. The number of piperazine rings is 1. The molecule has 0 aromatic heterocycles. The molecule has 0 bridgehead atoms. The minimum atomic E-state index is -0.182. The van der Waals surface area contributed by atoms with Crippen LogP contribution in [-0.4, -0.2) is 45.3 Å². The van der Waals surface area contributed by atoms with E-state index < -0.39 is 0 Å². The van der Waals surface area contributed by atoms with Crippen LogP contribution in [0.15, 0.2) is 12.1 Å². The van der Waals surface area contributed by atoms with E-state index in [1.165, 1.54) is 31.7 Å². The summed E-state index contributed by atoms with van der Waals surface area (Å²) in [6.07, 6.45) is 4.87. The number of hydrogen-bond acceptors (Lipinski definition) is 4. The maximum atomic E-state index is 14.8. The van der Waals surface area contributed by atoms with Gasteiger partial charge in [0.2, 0.25) is 0 Å². The van der Waals surface area contributed by atoms with Crippen molar-refractivity contribution < 1.29 is 13.9 Å². The quantitative estimate of drug-likeness (QED) is 0.904. The van der Waals surface area contributed by atoms with Gasteiger partial charge < -0.3 is 14.8 Å². The first kappa shape index (κ1) is 16.5. The van der Waals surface area contributed by atoms with E-state index in [4.69, 9.17) is 9.47 Å². The summed E-state index contributed by atoms with van der Waals surface area (Å²) in [7, 11) is 3.15. The topological polar surface area (TPSA) is 33.7 Å². The molecule has 5 heteroatoms. The molecule has 2 fully saturated rings. The Morgan fingerprint density at radius 3 is 2.30 bits per heavy atom. The molecule has 4 nitrogen and oxygen atoms in total. The van der Waals surface area contributed by atoms with Crippen molar-refractivity contribution in [3.63, 3.8) is 0 Å². The van der Waals surface area contributed by atoms with Crippen molar-refractivity contribution in [2.45, 2.75) is 31.7 Å². The highest BCUT2D eigenvalue weighted by Gasteiger charge is 2.34. The van der Waals surface area contributed by atoms with Gasteiger partial charge >= 0.3 is 0 Å². The molecule has 1 atom stereocenters. The third kappa shape index (κ3) is 3.45. The summed E-state index contributed by atoms with van der Waals surface area (Å²) in [6, 6.07) is 3.46. The number of nitrogens with one attached hydrogen (secondary N) is 1. The number of benzene rings is 1. The molecule has 1 saturated heterocycles. The Balaban J connectivity index is 1.97. The number of hydrogen-bond donors (Lipinski definition) is 1. The third-order valence-electron chi connectivity index (χ3n) is 5.21. The van der Waals surface area contributed by atoms with Crippen LogP contribution in [0.25, 0.3) is 0 Å². The minimum Gasteiger partial charge on any atom is -0.493 e. The zero-order chi connectivity index (χ0) is 16.2. The number of rotatable bonds is 5. The fourth-order valence-electron chi connectivity index (χ4n) is 4.08. The highest BCUT2D eigenvalue weighted by molar-refractivity contribution is 5.45. The lowest BCUT2D eigenvalue weighted by atomic mass is 9.89. The molecule has 0 amide bonds. The number of nitrogens with zero attached hydrogens (tertiary/aromatic N) is 1. The van der Waals surface area contributed by atoms with Crippen molar-refractivity contribution in [3.05, 3.63) is 23.5 Å². The molecule has 1 N–H and O–H groups in total. The maximum Gasteiger partial charge on any atom is 0.163 e. The van der Waals surface area contributed by atoms with Crippen LogP contribution in [0.2, 0.25) is 0 Å². The average Bonchev–Trinajstić information content (AvgIpc) is 3.11. The third-order valence-corrected chi connectivity index (χ3v) is 5.21. The van der Waals surface area contributed by atoms with E-state index in [1.54, 1.807) is 14.2 Å². The van der Waals surface area contributed by atoms with Crippen LogP contribution < -0.4 is 14.8 Å². The fourth-order valence-corrected chi connectivity index (χ4v) is 4.08. The molecule has 0 unspecified atom stereocenters. The molecule has 3 rings (SSSR count). The van der Waals surface area contributed by atoms with E-state index >= 15 is 0 Å². The van der Waals surface area contributed by atoms with Gasteiger partial charge in [0.25, 0.3) is 0 Å². The predicted octanol–water partition coefficient (Wildman–Crippen LogP) is 2.98. The van der Waals surface area contributed by atoms with Crippen LogP contribution in [-0.2, 0) is 0 Å². The van der Waals surface area contributed by atoms with Crippen LogP contribution >= 0.6 is 0 Å². The van der Waals surface area contributed by atoms with Gasteiger partial charge in [0.1, 0.15) is 5.82 Å². The second kappa shape index (κ2) is 7.49. The summed E-state index contributed by atoms with van der Waals surface area (Å²) >= 11 is 0. The second-order valence-corrected chi connectivity index (χ2v) is 6.50. The van der Waals surface area contributed by atoms with Crippen molar-refractivity contribution in [1.82, 2.24) is 10.2 Å². The van der Waals surface area contributed by atoms with Gasteiger partial charge in [-0.15, -0.1) is 0 Å². The first-order valence-electron chi connectivity index (χ1n) is 8.60. The van der Waals surface area contributed by atoms with E-state index in [9.17, 15) is 4.39 Å². The monoisotopic (exact) mass is 322 g/mol. The van der Waals surface area contributed by atoms with Crippen molar-refractivity contribution in [2.75, 3.05) is 40.4 Å². The highest BCUT2D eigenvalue weighted by Crippen LogP contribution is 2.43. The molecule has 1 saturated carbocycles. The molecule has 0 spiro atoms. The summed E-state index contributed by atoms with van der Waals surface area (Å²) in [5.41, 5.74) is 0.761. The molecule has 1 aliphatic heterocycles. The van der Waals surface area contributed by atoms with Gasteiger partial charge in [-0.1, -0.05) is 12.8 Å². The first-order chi connectivity index (χ1) is 11.2. The van der Waals surface area contributed by atoms with E-state index in [2.05, 4.69) is 10.2 Å². The minimum absolute atomic E-state index is 0.138. The summed E-state index contributed by atoms with van der Waals surface area (Å²) in [5, 5.41) is 3.39. The molecule has 128 valence electrons. The standard InChI is InChI=1S/C18H27FN2O2/c1-22-16-11-14(15(19)12-17(16)23-2)18(13-5-3-4-6-13)21-9-7-20-8-10-21/h11-13,18,20H,3-10H2,1-2H3/t18-/m0/s1. The van der Waals surface area contributed by atoms with E-state index in [1.807, 2.05) is 6.07 Å². The van der Waals surface area contributed by atoms with Crippen molar-refractivity contribution in [2.24, 2.45) is 5.92 Å². The number of halogens is 1. The Hall–Kier alpha value is -1.33. The van der Waals surface area contributed by atoms with Gasteiger partial charge in [-0.3, -0.25) is 4.90 Å². The normalized spacial score (nSPS) is 21.3. The van der Waals surface area contributed by atoms with E-state index in [0.29, 0.717) is 17.4 Å². The van der Waals surface area contributed by atoms with Crippen LogP contribution in [0.1, 0.15) is 37.3 Å². The Kier molecular flexibility index (Phi) is 5.38. The molecule has 2 aliphatic rings. The largest absolute Gasteiger partial charge is 0.493 e. The van der Waals surface area contributed by atoms with E-state index in [0.717, 1.165) is 31.7 Å². The number of ether oxygens (including phenoxy) is 2. The van der Waals surface area contributed by atoms with Gasteiger partial charge in [-0.2, -0.15) is 0 Å². The molecule has 1 aromatic rings. The average molecular weight is 322 g/mol. The smallest absolute Gasteiger partial charge is 0.163 e. The molecule has 0 radical (unpaired) electrons. The molecular formula is C18H27FN2O2. The molecular weight excluding hydrogens is 295 g/mol. The molecule has 23 heavy (non-hydrogen) atoms. The van der Waals surface area contributed by atoms with Crippen LogP contribution in [0, 0.1) is 11.7 Å². The van der Waals surface area contributed by atoms with Gasteiger partial charge in [0, 0.05) is 43.9 Å². The lowest BCUT2D eigenvalue weighted by molar-refractivity contribution is 0.122. The van der Waals surface area contributed by atoms with Crippen LogP contribution in [0.5, 0.6) is 11.5 Å². The Morgan fingerprint density at radius 1 is 1.09 bits per heavy atom. The first-order valence-corrected chi connectivity index (χ1v) is 8.60. The molecule has 1 aliphatic carbocycles. The summed E-state index contributed by atoms with van der Waals surface area (Å²) in [4.78, 5) is 2.44. The zero-order valence-corrected chi connectivity index (χ0v) is 14.1. The van der Waals surface area contributed by atoms with Crippen LogP contribution in [0.4, 0.5) is 4.39 Å². The second-order valence-electron chi connectivity index (χ2n) is 6.50. The Labute approximate surface area is 138 Å². The lowest BCUT2D eigenvalue weighted by Crippen LogP contribution is -2.46. The van der Waals surface area contributed by atoms with Gasteiger partial charge in [-0.25, -0.2) is 4.39 Å². The van der Waals surface area contributed by atoms with Gasteiger partial charge in [0.15, 0.2) is 11.5 Å². The summed E-state index contributed by atoms with van der Waals surface area (Å²) in [5.74, 6) is 1.42. The summed E-state index contributed by atoms with van der Waals surface area (Å²) < 4.78 is 25.5. The van der Waals surface area contributed by atoms with Crippen molar-refractivity contribution in [3.8, 4) is 11.5 Å². The van der Waals surface area contributed by atoms with Gasteiger partial charge in [0.05, 0.1) is 14.2 Å².